The molecular formula is C19H32N6O2. The van der Waals surface area contributed by atoms with Crippen LogP contribution in [0, 0.1) is 5.92 Å². The molecule has 1 aromatic rings. The third kappa shape index (κ3) is 3.69. The van der Waals surface area contributed by atoms with E-state index in [1.54, 1.807) is 6.33 Å². The molecule has 2 aliphatic heterocycles. The number of hydrogen-bond acceptors (Lipinski definition) is 8. The van der Waals surface area contributed by atoms with Gasteiger partial charge in [0.15, 0.2) is 0 Å². The van der Waals surface area contributed by atoms with Crippen molar-refractivity contribution in [1.29, 1.82) is 0 Å². The first-order valence-electron chi connectivity index (χ1n) is 10.1. The van der Waals surface area contributed by atoms with E-state index in [4.69, 9.17) is 10.5 Å². The van der Waals surface area contributed by atoms with Crippen LogP contribution in [0.3, 0.4) is 0 Å². The monoisotopic (exact) mass is 376 g/mol. The molecule has 27 heavy (non-hydrogen) atoms. The minimum absolute atomic E-state index is 0.0451. The number of fused-ring (bicyclic) bond motifs is 1. The summed E-state index contributed by atoms with van der Waals surface area (Å²) in [6, 6.07) is 2.40. The van der Waals surface area contributed by atoms with E-state index >= 15 is 0 Å². The lowest BCUT2D eigenvalue weighted by molar-refractivity contribution is -0.0276. The molecule has 3 heterocycles. The van der Waals surface area contributed by atoms with Crippen LogP contribution in [0.25, 0.3) is 0 Å². The summed E-state index contributed by atoms with van der Waals surface area (Å²) in [4.78, 5) is 11.1. The van der Waals surface area contributed by atoms with E-state index in [1.807, 2.05) is 13.0 Å². The highest BCUT2D eigenvalue weighted by atomic mass is 16.5. The molecule has 0 aromatic carbocycles. The molecular weight excluding hydrogens is 344 g/mol. The lowest BCUT2D eigenvalue weighted by atomic mass is 9.79. The van der Waals surface area contributed by atoms with E-state index in [9.17, 15) is 5.11 Å². The lowest BCUT2D eigenvalue weighted by Crippen LogP contribution is -2.40. The third-order valence-electron chi connectivity index (χ3n) is 6.33. The first-order valence-corrected chi connectivity index (χ1v) is 10.1. The average molecular weight is 377 g/mol. The first kappa shape index (κ1) is 19.0. The maximum atomic E-state index is 10.1. The van der Waals surface area contributed by atoms with Crippen molar-refractivity contribution in [2.45, 2.75) is 82.5 Å². The van der Waals surface area contributed by atoms with Gasteiger partial charge in [0.1, 0.15) is 12.1 Å². The normalized spacial score (nSPS) is 39.2. The molecule has 1 saturated carbocycles. The van der Waals surface area contributed by atoms with Crippen LogP contribution in [0.1, 0.15) is 51.8 Å². The largest absolute Gasteiger partial charge is 0.390 e. The number of aliphatic hydroxyl groups excluding tert-OH is 1. The molecule has 5 N–H and O–H groups in total. The van der Waals surface area contributed by atoms with Gasteiger partial charge >= 0.3 is 0 Å². The predicted molar refractivity (Wildman–Crippen MR) is 103 cm³/mol. The SMILES string of the molecule is CC(C)OC1CCC2NNC(c3cc(N4C[C@H](O)[C@@H](N)[C@@H]4C)ncn3)C2C1. The van der Waals surface area contributed by atoms with Crippen LogP contribution in [-0.4, -0.2) is 58.1 Å². The molecule has 3 aliphatic rings. The number of nitrogens with one attached hydrogen (secondary N) is 2. The van der Waals surface area contributed by atoms with Crippen LogP contribution in [0.15, 0.2) is 12.4 Å². The second kappa shape index (κ2) is 7.60. The van der Waals surface area contributed by atoms with Gasteiger partial charge in [-0.3, -0.25) is 5.43 Å². The van der Waals surface area contributed by atoms with Crippen LogP contribution in [-0.2, 0) is 4.74 Å². The average Bonchev–Trinajstić information content (AvgIpc) is 3.17. The van der Waals surface area contributed by atoms with Gasteiger partial charge in [-0.2, -0.15) is 0 Å². The van der Waals surface area contributed by atoms with Crippen molar-refractivity contribution in [1.82, 2.24) is 20.8 Å². The van der Waals surface area contributed by atoms with Crippen molar-refractivity contribution >= 4 is 5.82 Å². The standard InChI is InChI=1S/C19H32N6O2/c1-10(2)27-12-4-5-14-13(6-12)19(24-23-14)15-7-17(22-9-21-15)25-8-16(26)18(20)11(25)3/h7,9-14,16,18-19,23-24,26H,4-6,8,20H2,1-3H3/t11-,12?,13?,14?,16-,18-,19?/m0/s1. The summed E-state index contributed by atoms with van der Waals surface area (Å²) in [5.74, 6) is 1.27. The first-order chi connectivity index (χ1) is 12.9. The van der Waals surface area contributed by atoms with E-state index in [-0.39, 0.29) is 24.2 Å². The number of rotatable bonds is 4. The molecule has 1 aliphatic carbocycles. The van der Waals surface area contributed by atoms with Crippen molar-refractivity contribution in [3.63, 3.8) is 0 Å². The number of anilines is 1. The number of aromatic nitrogens is 2. The molecule has 4 unspecified atom stereocenters. The smallest absolute Gasteiger partial charge is 0.132 e. The Hall–Kier alpha value is -1.32. The number of hydrazine groups is 1. The zero-order valence-electron chi connectivity index (χ0n) is 16.4. The van der Waals surface area contributed by atoms with Crippen molar-refractivity contribution in [2.24, 2.45) is 11.7 Å². The summed E-state index contributed by atoms with van der Waals surface area (Å²) in [6.07, 6.45) is 4.88. The maximum absolute atomic E-state index is 10.1. The van der Waals surface area contributed by atoms with Crippen molar-refractivity contribution < 1.29 is 9.84 Å². The summed E-state index contributed by atoms with van der Waals surface area (Å²) >= 11 is 0. The fourth-order valence-electron chi connectivity index (χ4n) is 4.83. The number of ether oxygens (including phenoxy) is 1. The number of aliphatic hydroxyl groups is 1. The topological polar surface area (TPSA) is 109 Å². The summed E-state index contributed by atoms with van der Waals surface area (Å²) in [6.45, 7) is 6.73. The zero-order chi connectivity index (χ0) is 19.1. The summed E-state index contributed by atoms with van der Waals surface area (Å²) < 4.78 is 6.09. The number of nitrogens with two attached hydrogens (primary N) is 1. The molecule has 8 nitrogen and oxygen atoms in total. The van der Waals surface area contributed by atoms with Gasteiger partial charge in [-0.05, 0) is 40.0 Å². The number of hydrogen-bond donors (Lipinski definition) is 4. The minimum atomic E-state index is -0.527. The Balaban J connectivity index is 1.52. The molecule has 0 radical (unpaired) electrons. The van der Waals surface area contributed by atoms with Crippen LogP contribution in [0.5, 0.6) is 0 Å². The molecule has 0 spiro atoms. The Morgan fingerprint density at radius 2 is 2.11 bits per heavy atom. The predicted octanol–water partition coefficient (Wildman–Crippen LogP) is 0.485. The Kier molecular flexibility index (Phi) is 5.35. The second-order valence-electron chi connectivity index (χ2n) is 8.50. The second-order valence-corrected chi connectivity index (χ2v) is 8.50. The van der Waals surface area contributed by atoms with Crippen LogP contribution < -0.4 is 21.5 Å². The maximum Gasteiger partial charge on any atom is 0.132 e. The summed E-state index contributed by atoms with van der Waals surface area (Å²) in [5.41, 5.74) is 14.0. The van der Waals surface area contributed by atoms with Gasteiger partial charge in [0.05, 0.1) is 36.1 Å². The summed E-state index contributed by atoms with van der Waals surface area (Å²) in [5, 5.41) is 10.1. The Labute approximate surface area is 160 Å². The Morgan fingerprint density at radius 1 is 1.30 bits per heavy atom. The van der Waals surface area contributed by atoms with Gasteiger partial charge in [-0.15, -0.1) is 0 Å². The van der Waals surface area contributed by atoms with Crippen molar-refractivity contribution in [2.75, 3.05) is 11.4 Å². The van der Waals surface area contributed by atoms with Crippen LogP contribution in [0.2, 0.25) is 0 Å². The van der Waals surface area contributed by atoms with Crippen molar-refractivity contribution in [3.8, 4) is 0 Å². The van der Waals surface area contributed by atoms with Gasteiger partial charge < -0.3 is 20.5 Å². The van der Waals surface area contributed by atoms with Gasteiger partial charge in [-0.1, -0.05) is 0 Å². The van der Waals surface area contributed by atoms with E-state index in [1.165, 1.54) is 0 Å². The fourth-order valence-corrected chi connectivity index (χ4v) is 4.83. The Morgan fingerprint density at radius 3 is 2.81 bits per heavy atom. The fraction of sp³-hybridized carbons (Fsp3) is 0.789. The van der Waals surface area contributed by atoms with E-state index in [0.717, 1.165) is 30.8 Å². The number of nitrogens with zero attached hydrogens (tertiary/aromatic N) is 3. The van der Waals surface area contributed by atoms with E-state index in [0.29, 0.717) is 24.6 Å². The van der Waals surface area contributed by atoms with Crippen molar-refractivity contribution in [3.05, 3.63) is 18.1 Å². The van der Waals surface area contributed by atoms with Gasteiger partial charge in [0.25, 0.3) is 0 Å². The lowest BCUT2D eigenvalue weighted by Gasteiger charge is -2.34. The van der Waals surface area contributed by atoms with Crippen LogP contribution >= 0.6 is 0 Å². The zero-order valence-corrected chi connectivity index (χ0v) is 16.4. The molecule has 0 amide bonds. The molecule has 7 atom stereocenters. The van der Waals surface area contributed by atoms with Crippen LogP contribution in [0.4, 0.5) is 5.82 Å². The number of β-amino-alcohol motifs (C(OH)–C–C–N with tert-alkyl or cyclic N) is 1. The highest BCUT2D eigenvalue weighted by molar-refractivity contribution is 5.44. The highest BCUT2D eigenvalue weighted by Gasteiger charge is 2.43. The molecule has 1 aromatic heterocycles. The quantitative estimate of drug-likeness (QED) is 0.601. The minimum Gasteiger partial charge on any atom is -0.390 e. The van der Waals surface area contributed by atoms with Gasteiger partial charge in [0.2, 0.25) is 0 Å². The van der Waals surface area contributed by atoms with E-state index < -0.39 is 6.10 Å². The third-order valence-corrected chi connectivity index (χ3v) is 6.33. The molecule has 8 heteroatoms. The van der Waals surface area contributed by atoms with Gasteiger partial charge in [-0.25, -0.2) is 15.4 Å². The molecule has 4 rings (SSSR count). The molecule has 3 fully saturated rings. The Bertz CT molecular complexity index is 659. The molecule has 2 saturated heterocycles. The highest BCUT2D eigenvalue weighted by Crippen LogP contribution is 2.39. The molecule has 0 bridgehead atoms. The summed E-state index contributed by atoms with van der Waals surface area (Å²) in [7, 11) is 0. The molecule has 150 valence electrons. The van der Waals surface area contributed by atoms with Gasteiger partial charge in [0, 0.05) is 30.6 Å². The van der Waals surface area contributed by atoms with E-state index in [2.05, 4.69) is 39.6 Å².